The smallest absolute Gasteiger partial charge is 0.140 e. The molecule has 0 radical (unpaired) electrons. The van der Waals surface area contributed by atoms with E-state index in [0.29, 0.717) is 0 Å². The first-order valence-corrected chi connectivity index (χ1v) is 7.73. The molecule has 2 aliphatic rings. The summed E-state index contributed by atoms with van der Waals surface area (Å²) >= 11 is 0. The number of hydrogen-bond donors (Lipinski definition) is 2. The van der Waals surface area contributed by atoms with Gasteiger partial charge in [0.15, 0.2) is 0 Å². The number of hydrogen-bond acceptors (Lipinski definition) is 5. The van der Waals surface area contributed by atoms with Crippen LogP contribution in [0.2, 0.25) is 0 Å². The van der Waals surface area contributed by atoms with Crippen molar-refractivity contribution in [1.29, 1.82) is 0 Å². The topological polar surface area (TPSA) is 57.4 Å². The number of piperazine rings is 1. The average molecular weight is 275 g/mol. The van der Waals surface area contributed by atoms with Gasteiger partial charge in [-0.05, 0) is 30.5 Å². The fourth-order valence-corrected chi connectivity index (χ4v) is 3.47. The van der Waals surface area contributed by atoms with Crippen molar-refractivity contribution in [1.82, 2.24) is 14.8 Å². The number of aromatic nitrogens is 1. The predicted molar refractivity (Wildman–Crippen MR) is 81.2 cm³/mol. The van der Waals surface area contributed by atoms with Gasteiger partial charge in [0.05, 0.1) is 0 Å². The Labute approximate surface area is 121 Å². The second kappa shape index (κ2) is 6.52. The Morgan fingerprint density at radius 2 is 1.95 bits per heavy atom. The number of nitrogens with one attached hydrogen (secondary N) is 1. The zero-order valence-corrected chi connectivity index (χ0v) is 12.1. The summed E-state index contributed by atoms with van der Waals surface area (Å²) in [6.45, 7) is 5.78. The molecule has 0 atom stereocenters. The van der Waals surface area contributed by atoms with Gasteiger partial charge in [0, 0.05) is 45.0 Å². The summed E-state index contributed by atoms with van der Waals surface area (Å²) in [5.74, 6) is 6.15. The van der Waals surface area contributed by atoms with Crippen molar-refractivity contribution in [2.45, 2.75) is 38.3 Å². The Balaban J connectivity index is 1.50. The van der Waals surface area contributed by atoms with Crippen LogP contribution in [0.4, 0.5) is 5.82 Å². The molecule has 1 saturated carbocycles. The van der Waals surface area contributed by atoms with E-state index in [0.717, 1.165) is 18.4 Å². The maximum atomic E-state index is 5.41. The zero-order valence-electron chi connectivity index (χ0n) is 12.1. The highest BCUT2D eigenvalue weighted by molar-refractivity contribution is 5.35. The molecule has 1 aromatic rings. The van der Waals surface area contributed by atoms with Crippen molar-refractivity contribution in [2.24, 2.45) is 5.84 Å². The molecule has 1 saturated heterocycles. The molecule has 110 valence electrons. The second-order valence-electron chi connectivity index (χ2n) is 5.94. The van der Waals surface area contributed by atoms with E-state index in [-0.39, 0.29) is 0 Å². The Bertz CT molecular complexity index is 422. The van der Waals surface area contributed by atoms with Crippen molar-refractivity contribution >= 4 is 5.82 Å². The van der Waals surface area contributed by atoms with Crippen LogP contribution in [0.1, 0.15) is 31.2 Å². The normalized spacial score (nSPS) is 22.2. The number of hydrazine groups is 1. The first-order chi connectivity index (χ1) is 9.85. The molecule has 3 N–H and O–H groups in total. The lowest BCUT2D eigenvalue weighted by Crippen LogP contribution is -2.49. The molecule has 0 amide bonds. The summed E-state index contributed by atoms with van der Waals surface area (Å²) in [5, 5.41) is 0. The number of nitrogens with two attached hydrogens (primary N) is 1. The number of rotatable bonds is 4. The van der Waals surface area contributed by atoms with Gasteiger partial charge in [0.2, 0.25) is 0 Å². The lowest BCUT2D eigenvalue weighted by atomic mass is 10.1. The molecule has 1 aromatic heterocycles. The summed E-state index contributed by atoms with van der Waals surface area (Å²) in [4.78, 5) is 9.38. The zero-order chi connectivity index (χ0) is 13.8. The molecular formula is C15H25N5. The van der Waals surface area contributed by atoms with Crippen LogP contribution < -0.4 is 11.3 Å². The van der Waals surface area contributed by atoms with Gasteiger partial charge < -0.3 is 5.43 Å². The summed E-state index contributed by atoms with van der Waals surface area (Å²) in [6.07, 6.45) is 7.50. The van der Waals surface area contributed by atoms with E-state index in [9.17, 15) is 0 Å². The average Bonchev–Trinajstić information content (AvgIpc) is 3.02. The van der Waals surface area contributed by atoms with Crippen LogP contribution in [0.5, 0.6) is 0 Å². The fraction of sp³-hybridized carbons (Fsp3) is 0.667. The first kappa shape index (κ1) is 13.8. The molecule has 2 heterocycles. The second-order valence-corrected chi connectivity index (χ2v) is 5.94. The van der Waals surface area contributed by atoms with Crippen molar-refractivity contribution in [2.75, 3.05) is 31.6 Å². The summed E-state index contributed by atoms with van der Waals surface area (Å²) < 4.78 is 0. The summed E-state index contributed by atoms with van der Waals surface area (Å²) in [5.41, 5.74) is 3.89. The van der Waals surface area contributed by atoms with E-state index in [4.69, 9.17) is 5.84 Å². The van der Waals surface area contributed by atoms with Crippen molar-refractivity contribution in [3.63, 3.8) is 0 Å². The van der Waals surface area contributed by atoms with Crippen LogP contribution in [0.15, 0.2) is 18.3 Å². The number of nitrogens with zero attached hydrogens (tertiary/aromatic N) is 3. The highest BCUT2D eigenvalue weighted by atomic mass is 15.3. The van der Waals surface area contributed by atoms with Gasteiger partial charge >= 0.3 is 0 Å². The third-order valence-corrected chi connectivity index (χ3v) is 4.63. The third kappa shape index (κ3) is 3.29. The van der Waals surface area contributed by atoms with E-state index >= 15 is 0 Å². The van der Waals surface area contributed by atoms with Crippen LogP contribution >= 0.6 is 0 Å². The monoisotopic (exact) mass is 275 g/mol. The predicted octanol–water partition coefficient (Wildman–Crippen LogP) is 1.43. The molecule has 20 heavy (non-hydrogen) atoms. The molecular weight excluding hydrogens is 250 g/mol. The molecule has 1 aliphatic carbocycles. The van der Waals surface area contributed by atoms with Gasteiger partial charge in [-0.3, -0.25) is 9.80 Å². The van der Waals surface area contributed by atoms with Crippen LogP contribution in [0.25, 0.3) is 0 Å². The van der Waals surface area contributed by atoms with Crippen LogP contribution in [-0.4, -0.2) is 47.0 Å². The lowest BCUT2D eigenvalue weighted by molar-refractivity contribution is 0.0937. The van der Waals surface area contributed by atoms with Crippen LogP contribution in [0.3, 0.4) is 0 Å². The van der Waals surface area contributed by atoms with E-state index in [1.54, 1.807) is 0 Å². The molecule has 5 heteroatoms. The number of pyridine rings is 1. The maximum Gasteiger partial charge on any atom is 0.140 e. The Kier molecular flexibility index (Phi) is 4.50. The van der Waals surface area contributed by atoms with Crippen molar-refractivity contribution in [3.8, 4) is 0 Å². The van der Waals surface area contributed by atoms with Gasteiger partial charge in [-0.1, -0.05) is 12.8 Å². The van der Waals surface area contributed by atoms with Gasteiger partial charge in [0.1, 0.15) is 5.82 Å². The maximum absolute atomic E-state index is 5.41. The van der Waals surface area contributed by atoms with Gasteiger partial charge in [-0.2, -0.15) is 0 Å². The summed E-state index contributed by atoms with van der Waals surface area (Å²) in [6, 6.07) is 4.97. The summed E-state index contributed by atoms with van der Waals surface area (Å²) in [7, 11) is 0. The number of nitrogen functional groups attached to an aromatic ring is 1. The number of anilines is 1. The van der Waals surface area contributed by atoms with E-state index < -0.39 is 0 Å². The quantitative estimate of drug-likeness (QED) is 0.643. The molecule has 1 aliphatic heterocycles. The minimum atomic E-state index is 0.743. The fourth-order valence-electron chi connectivity index (χ4n) is 3.47. The Morgan fingerprint density at radius 1 is 1.20 bits per heavy atom. The van der Waals surface area contributed by atoms with Gasteiger partial charge in [-0.25, -0.2) is 10.8 Å². The van der Waals surface area contributed by atoms with Crippen molar-refractivity contribution in [3.05, 3.63) is 23.9 Å². The molecule has 3 rings (SSSR count). The Hall–Kier alpha value is -1.17. The van der Waals surface area contributed by atoms with Gasteiger partial charge in [-0.15, -0.1) is 0 Å². The highest BCUT2D eigenvalue weighted by Gasteiger charge is 2.25. The molecule has 5 nitrogen and oxygen atoms in total. The van der Waals surface area contributed by atoms with E-state index in [1.165, 1.54) is 57.4 Å². The molecule has 2 fully saturated rings. The van der Waals surface area contributed by atoms with E-state index in [1.807, 2.05) is 12.3 Å². The molecule has 0 unspecified atom stereocenters. The van der Waals surface area contributed by atoms with Crippen molar-refractivity contribution < 1.29 is 0 Å². The molecule has 0 spiro atoms. The molecule has 0 bridgehead atoms. The van der Waals surface area contributed by atoms with Crippen LogP contribution in [0, 0.1) is 0 Å². The van der Waals surface area contributed by atoms with E-state index in [2.05, 4.69) is 26.3 Å². The first-order valence-electron chi connectivity index (χ1n) is 7.73. The minimum Gasteiger partial charge on any atom is -0.308 e. The van der Waals surface area contributed by atoms with Crippen LogP contribution in [-0.2, 0) is 6.54 Å². The van der Waals surface area contributed by atoms with Gasteiger partial charge in [0.25, 0.3) is 0 Å². The SMILES string of the molecule is NNc1cc(CN2CCN(C3CCCC3)CC2)ccn1. The largest absolute Gasteiger partial charge is 0.308 e. The minimum absolute atomic E-state index is 0.743. The molecule has 0 aromatic carbocycles. The highest BCUT2D eigenvalue weighted by Crippen LogP contribution is 2.24. The third-order valence-electron chi connectivity index (χ3n) is 4.63. The lowest BCUT2D eigenvalue weighted by Gasteiger charge is -2.38. The standard InChI is InChI=1S/C15H25N5/c16-18-15-11-13(5-6-17-15)12-19-7-9-20(10-8-19)14-3-1-2-4-14/h5-6,11,14H,1-4,7-10,12,16H2,(H,17,18). The Morgan fingerprint density at radius 3 is 2.65 bits per heavy atom.